The summed E-state index contributed by atoms with van der Waals surface area (Å²) in [5, 5.41) is 4.77. The van der Waals surface area contributed by atoms with Gasteiger partial charge in [0.15, 0.2) is 0 Å². The van der Waals surface area contributed by atoms with Crippen LogP contribution in [-0.2, 0) is 0 Å². The largest absolute Gasteiger partial charge is 0.369 e. The molecule has 0 bridgehead atoms. The maximum absolute atomic E-state index is 4.71. The van der Waals surface area contributed by atoms with Crippen LogP contribution in [0, 0.1) is 0 Å². The fraction of sp³-hybridized carbons (Fsp3) is 0.211. The average Bonchev–Trinajstić information content (AvgIpc) is 3.04. The summed E-state index contributed by atoms with van der Waals surface area (Å²) in [5.41, 5.74) is 2.35. The highest BCUT2D eigenvalue weighted by Crippen LogP contribution is 2.22. The monoisotopic (exact) mass is 289 g/mol. The maximum Gasteiger partial charge on any atom is 0.126 e. The van der Waals surface area contributed by atoms with E-state index < -0.39 is 0 Å². The lowest BCUT2D eigenvalue weighted by Gasteiger charge is -2.19. The summed E-state index contributed by atoms with van der Waals surface area (Å²) in [6, 6.07) is 23.5. The normalized spacial score (nSPS) is 17.8. The van der Waals surface area contributed by atoms with Crippen LogP contribution in [0.2, 0.25) is 0 Å². The Morgan fingerprint density at radius 3 is 2.64 bits per heavy atom. The molecule has 22 heavy (non-hydrogen) atoms. The standard InChI is InChI=1S/C19H19N3/c1-2-7-17(8-3-1)22-13-12-16(14-22)20-19-11-10-15-6-4-5-9-18(15)21-19/h1-11,16H,12-14H2,(H,20,21). The lowest BCUT2D eigenvalue weighted by Crippen LogP contribution is -2.26. The summed E-state index contributed by atoms with van der Waals surface area (Å²) in [6.07, 6.45) is 1.14. The summed E-state index contributed by atoms with van der Waals surface area (Å²) < 4.78 is 0. The van der Waals surface area contributed by atoms with Gasteiger partial charge in [-0.05, 0) is 36.8 Å². The van der Waals surface area contributed by atoms with Crippen LogP contribution >= 0.6 is 0 Å². The van der Waals surface area contributed by atoms with Gasteiger partial charge in [-0.2, -0.15) is 0 Å². The number of benzene rings is 2. The molecule has 1 N–H and O–H groups in total. The Labute approximate surface area is 130 Å². The van der Waals surface area contributed by atoms with Crippen LogP contribution < -0.4 is 10.2 Å². The molecule has 1 unspecified atom stereocenters. The van der Waals surface area contributed by atoms with E-state index >= 15 is 0 Å². The van der Waals surface area contributed by atoms with Gasteiger partial charge in [-0.1, -0.05) is 36.4 Å². The quantitative estimate of drug-likeness (QED) is 0.792. The van der Waals surface area contributed by atoms with Crippen molar-refractivity contribution in [2.24, 2.45) is 0 Å². The number of fused-ring (bicyclic) bond motifs is 1. The Morgan fingerprint density at radius 1 is 0.909 bits per heavy atom. The lowest BCUT2D eigenvalue weighted by atomic mass is 10.2. The van der Waals surface area contributed by atoms with Gasteiger partial charge in [0.05, 0.1) is 5.52 Å². The molecule has 0 radical (unpaired) electrons. The smallest absolute Gasteiger partial charge is 0.126 e. The average molecular weight is 289 g/mol. The number of pyridine rings is 1. The molecule has 110 valence electrons. The van der Waals surface area contributed by atoms with Gasteiger partial charge in [0.2, 0.25) is 0 Å². The molecule has 0 saturated carbocycles. The highest BCUT2D eigenvalue weighted by Gasteiger charge is 2.22. The van der Waals surface area contributed by atoms with Crippen molar-refractivity contribution in [3.63, 3.8) is 0 Å². The molecule has 3 nitrogen and oxygen atoms in total. The minimum atomic E-state index is 0.453. The van der Waals surface area contributed by atoms with Crippen molar-refractivity contribution in [1.29, 1.82) is 0 Å². The van der Waals surface area contributed by atoms with Crippen molar-refractivity contribution < 1.29 is 0 Å². The SMILES string of the molecule is c1ccc(N2CCC(Nc3ccc4ccccc4n3)C2)cc1. The molecule has 1 saturated heterocycles. The highest BCUT2D eigenvalue weighted by atomic mass is 15.2. The van der Waals surface area contributed by atoms with Gasteiger partial charge in [0, 0.05) is 30.2 Å². The van der Waals surface area contributed by atoms with Gasteiger partial charge in [-0.3, -0.25) is 0 Å². The van der Waals surface area contributed by atoms with E-state index in [1.165, 1.54) is 11.1 Å². The summed E-state index contributed by atoms with van der Waals surface area (Å²) in [5.74, 6) is 0.971. The molecule has 3 aromatic rings. The first-order chi connectivity index (χ1) is 10.9. The molecule has 0 aliphatic carbocycles. The van der Waals surface area contributed by atoms with Crippen LogP contribution in [0.4, 0.5) is 11.5 Å². The van der Waals surface area contributed by atoms with Gasteiger partial charge in [0.25, 0.3) is 0 Å². The molecule has 2 heterocycles. The van der Waals surface area contributed by atoms with E-state index in [2.05, 4.69) is 64.8 Å². The van der Waals surface area contributed by atoms with E-state index in [1.807, 2.05) is 12.1 Å². The molecule has 0 amide bonds. The van der Waals surface area contributed by atoms with Gasteiger partial charge >= 0.3 is 0 Å². The molecule has 3 heteroatoms. The highest BCUT2D eigenvalue weighted by molar-refractivity contribution is 5.80. The maximum atomic E-state index is 4.71. The number of hydrogen-bond acceptors (Lipinski definition) is 3. The third kappa shape index (κ3) is 2.62. The first kappa shape index (κ1) is 13.1. The molecular formula is C19H19N3. The Bertz CT molecular complexity index is 770. The number of aromatic nitrogens is 1. The second kappa shape index (κ2) is 5.68. The van der Waals surface area contributed by atoms with E-state index in [-0.39, 0.29) is 0 Å². The Balaban J connectivity index is 1.47. The topological polar surface area (TPSA) is 28.2 Å². The fourth-order valence-corrected chi connectivity index (χ4v) is 3.11. The summed E-state index contributed by atoms with van der Waals surface area (Å²) in [4.78, 5) is 7.14. The zero-order chi connectivity index (χ0) is 14.8. The van der Waals surface area contributed by atoms with Crippen LogP contribution in [0.5, 0.6) is 0 Å². The van der Waals surface area contributed by atoms with E-state index in [4.69, 9.17) is 4.98 Å². The fourth-order valence-electron chi connectivity index (χ4n) is 3.11. The Hall–Kier alpha value is -2.55. The van der Waals surface area contributed by atoms with Crippen LogP contribution in [0.15, 0.2) is 66.7 Å². The number of hydrogen-bond donors (Lipinski definition) is 1. The third-order valence-corrected chi connectivity index (χ3v) is 4.26. The minimum absolute atomic E-state index is 0.453. The number of anilines is 2. The van der Waals surface area contributed by atoms with Crippen molar-refractivity contribution in [1.82, 2.24) is 4.98 Å². The van der Waals surface area contributed by atoms with Gasteiger partial charge in [0.1, 0.15) is 5.82 Å². The van der Waals surface area contributed by atoms with E-state index in [0.717, 1.165) is 30.8 Å². The molecule has 1 aromatic heterocycles. The van der Waals surface area contributed by atoms with Crippen LogP contribution in [0.25, 0.3) is 10.9 Å². The number of nitrogens with one attached hydrogen (secondary N) is 1. The van der Waals surface area contributed by atoms with Crippen molar-refractivity contribution >= 4 is 22.4 Å². The van der Waals surface area contributed by atoms with Crippen molar-refractivity contribution in [2.75, 3.05) is 23.3 Å². The zero-order valence-corrected chi connectivity index (χ0v) is 12.4. The van der Waals surface area contributed by atoms with Crippen molar-refractivity contribution in [3.8, 4) is 0 Å². The second-order valence-corrected chi connectivity index (χ2v) is 5.80. The van der Waals surface area contributed by atoms with E-state index in [1.54, 1.807) is 0 Å². The summed E-state index contributed by atoms with van der Waals surface area (Å²) >= 11 is 0. The van der Waals surface area contributed by atoms with E-state index in [9.17, 15) is 0 Å². The number of rotatable bonds is 3. The molecule has 4 rings (SSSR count). The molecule has 1 aliphatic rings. The van der Waals surface area contributed by atoms with Crippen molar-refractivity contribution in [2.45, 2.75) is 12.5 Å². The number of para-hydroxylation sites is 2. The minimum Gasteiger partial charge on any atom is -0.369 e. The molecule has 1 aliphatic heterocycles. The first-order valence-electron chi connectivity index (χ1n) is 7.81. The Kier molecular flexibility index (Phi) is 3.39. The molecule has 0 spiro atoms. The lowest BCUT2D eigenvalue weighted by molar-refractivity contribution is 0.802. The molecule has 1 atom stereocenters. The first-order valence-corrected chi connectivity index (χ1v) is 7.81. The third-order valence-electron chi connectivity index (χ3n) is 4.26. The second-order valence-electron chi connectivity index (χ2n) is 5.80. The summed E-state index contributed by atoms with van der Waals surface area (Å²) in [6.45, 7) is 2.12. The predicted molar refractivity (Wildman–Crippen MR) is 92.4 cm³/mol. The summed E-state index contributed by atoms with van der Waals surface area (Å²) in [7, 11) is 0. The molecular weight excluding hydrogens is 270 g/mol. The van der Waals surface area contributed by atoms with Crippen LogP contribution in [0.3, 0.4) is 0 Å². The molecule has 1 fully saturated rings. The molecule has 2 aromatic carbocycles. The zero-order valence-electron chi connectivity index (χ0n) is 12.4. The number of nitrogens with zero attached hydrogens (tertiary/aromatic N) is 2. The van der Waals surface area contributed by atoms with E-state index in [0.29, 0.717) is 6.04 Å². The predicted octanol–water partition coefficient (Wildman–Crippen LogP) is 3.93. The van der Waals surface area contributed by atoms with Gasteiger partial charge < -0.3 is 10.2 Å². The Morgan fingerprint density at radius 2 is 1.73 bits per heavy atom. The van der Waals surface area contributed by atoms with Gasteiger partial charge in [-0.25, -0.2) is 4.98 Å². The van der Waals surface area contributed by atoms with Gasteiger partial charge in [-0.15, -0.1) is 0 Å². The van der Waals surface area contributed by atoms with Crippen LogP contribution in [0.1, 0.15) is 6.42 Å². The van der Waals surface area contributed by atoms with Crippen molar-refractivity contribution in [3.05, 3.63) is 66.7 Å². The van der Waals surface area contributed by atoms with Crippen LogP contribution in [-0.4, -0.2) is 24.1 Å².